The number of benzene rings is 3. The summed E-state index contributed by atoms with van der Waals surface area (Å²) in [6.45, 7) is 18.4. The van der Waals surface area contributed by atoms with Gasteiger partial charge in [0.05, 0.1) is 0 Å². The molecule has 1 heteroatoms. The van der Waals surface area contributed by atoms with E-state index in [2.05, 4.69) is 77.0 Å². The van der Waals surface area contributed by atoms with Gasteiger partial charge in [0.1, 0.15) is 0 Å². The summed E-state index contributed by atoms with van der Waals surface area (Å²) in [5, 5.41) is 0. The topological polar surface area (TPSA) is 0 Å². The summed E-state index contributed by atoms with van der Waals surface area (Å²) >= 11 is 1.33. The quantitative estimate of drug-likeness (QED) is 0.251. The van der Waals surface area contributed by atoms with Gasteiger partial charge < -0.3 is 0 Å². The second-order valence-electron chi connectivity index (χ2n) is 7.64. The van der Waals surface area contributed by atoms with Crippen LogP contribution in [0.1, 0.15) is 51.3 Å². The van der Waals surface area contributed by atoms with E-state index in [-0.39, 0.29) is 0 Å². The summed E-state index contributed by atoms with van der Waals surface area (Å²) in [7, 11) is 0. The van der Waals surface area contributed by atoms with E-state index in [0.717, 1.165) is 11.1 Å². The van der Waals surface area contributed by atoms with E-state index in [9.17, 15) is 0 Å². The van der Waals surface area contributed by atoms with Gasteiger partial charge >= 0.3 is 60.7 Å². The van der Waals surface area contributed by atoms with Crippen molar-refractivity contribution in [3.8, 4) is 0 Å². The summed E-state index contributed by atoms with van der Waals surface area (Å²) < 4.78 is 2.19. The van der Waals surface area contributed by atoms with Gasteiger partial charge in [0, 0.05) is 5.92 Å². The van der Waals surface area contributed by atoms with Crippen molar-refractivity contribution in [3.05, 3.63) is 150 Å². The number of hydrogen-bond donors (Lipinski definition) is 0. The van der Waals surface area contributed by atoms with Crippen molar-refractivity contribution in [1.82, 2.24) is 0 Å². The van der Waals surface area contributed by atoms with E-state index in [1.54, 1.807) is 0 Å². The van der Waals surface area contributed by atoms with Gasteiger partial charge in [-0.1, -0.05) is 30.2 Å². The Morgan fingerprint density at radius 3 is 0.969 bits per heavy atom. The van der Waals surface area contributed by atoms with Crippen LogP contribution in [-0.4, -0.2) is 4.23 Å². The number of hydrogen-bond acceptors (Lipinski definition) is 0. The van der Waals surface area contributed by atoms with Gasteiger partial charge in [-0.3, -0.25) is 0 Å². The first-order valence-electron chi connectivity index (χ1n) is 10.7. The fourth-order valence-electron chi connectivity index (χ4n) is 2.90. The van der Waals surface area contributed by atoms with Crippen LogP contribution in [0, 0.1) is 19.8 Å². The second-order valence-corrected chi connectivity index (χ2v) is 8.56. The van der Waals surface area contributed by atoms with Crippen molar-refractivity contribution in [1.29, 1.82) is 0 Å². The molecule has 0 saturated heterocycles. The van der Waals surface area contributed by atoms with Crippen LogP contribution in [0.25, 0.3) is 0 Å². The Balaban J connectivity index is 0.000000216. The molecule has 3 aromatic carbocycles. The first-order chi connectivity index (χ1) is 15.3. The standard InChI is InChI=1S/C10H15.2C7H7.C7H6.Ta/c1-6-7(2)9(4)10(5)8(6)3;3*1-7-5-3-2-4-6-7;/h1-5H3;2*2-6H,1H2;1-6H;/q;2*-1;;. The maximum atomic E-state index is 3.72. The predicted molar refractivity (Wildman–Crippen MR) is 139 cm³/mol. The van der Waals surface area contributed by atoms with Crippen molar-refractivity contribution >= 4 is 4.23 Å². The molecule has 0 unspecified atom stereocenters. The predicted octanol–water partition coefficient (Wildman–Crippen LogP) is 8.39. The van der Waals surface area contributed by atoms with E-state index < -0.39 is 0 Å². The molecule has 1 aliphatic carbocycles. The monoisotopic (exact) mass is 588 g/mol. The molecule has 32 heavy (non-hydrogen) atoms. The molecule has 0 amide bonds. The molecule has 0 aliphatic heterocycles. The van der Waals surface area contributed by atoms with Gasteiger partial charge in [0.15, 0.2) is 0 Å². The van der Waals surface area contributed by atoms with Gasteiger partial charge in [0.2, 0.25) is 0 Å². The Hall–Kier alpha value is -2.51. The number of rotatable bonds is 1. The zero-order valence-electron chi connectivity index (χ0n) is 20.1. The first kappa shape index (κ1) is 27.5. The van der Waals surface area contributed by atoms with Crippen LogP contribution in [0.15, 0.2) is 113 Å². The van der Waals surface area contributed by atoms with E-state index in [0.29, 0.717) is 0 Å². The molecule has 166 valence electrons. The average Bonchev–Trinajstić information content (AvgIpc) is 2.99. The molecule has 1 radical (unpaired) electrons. The van der Waals surface area contributed by atoms with Gasteiger partial charge in [-0.2, -0.15) is 49.2 Å². The molecule has 4 rings (SSSR count). The molecule has 0 fully saturated rings. The molecule has 0 atom stereocenters. The normalized spacial score (nSPS) is 12.5. The first-order valence-corrected chi connectivity index (χ1v) is 12.6. The van der Waals surface area contributed by atoms with Crippen LogP contribution in [0.5, 0.6) is 0 Å². The molecule has 0 saturated carbocycles. The third-order valence-corrected chi connectivity index (χ3v) is 6.52. The van der Waals surface area contributed by atoms with Crippen LogP contribution in [0.2, 0.25) is 0 Å². The SMILES string of the molecule is C[C]1C(C)=C(C)C(C)=C1C.[CH2-]c1ccccc1.[CH2-]c1ccccc1.[Ta]=[CH]c1ccccc1. The summed E-state index contributed by atoms with van der Waals surface area (Å²) in [4.78, 5) is 0. The molecule has 0 heterocycles. The molecule has 1 aliphatic rings. The Morgan fingerprint density at radius 2 is 0.812 bits per heavy atom. The summed E-state index contributed by atoms with van der Waals surface area (Å²) in [5.41, 5.74) is 9.35. The third-order valence-electron chi connectivity index (χ3n) is 5.45. The molecular formula is C31H35Ta-2. The zero-order chi connectivity index (χ0) is 23.9. The molecule has 0 spiro atoms. The van der Waals surface area contributed by atoms with E-state index in [1.165, 1.54) is 54.4 Å². The van der Waals surface area contributed by atoms with Crippen LogP contribution < -0.4 is 0 Å². The van der Waals surface area contributed by atoms with Crippen LogP contribution >= 0.6 is 0 Å². The van der Waals surface area contributed by atoms with E-state index >= 15 is 0 Å². The summed E-state index contributed by atoms with van der Waals surface area (Å²) in [5.74, 6) is 1.47. The minimum absolute atomic E-state index is 1.07. The summed E-state index contributed by atoms with van der Waals surface area (Å²) in [6, 6.07) is 30.1. The molecule has 0 bridgehead atoms. The van der Waals surface area contributed by atoms with Crippen molar-refractivity contribution in [2.75, 3.05) is 0 Å². The zero-order valence-corrected chi connectivity index (χ0v) is 23.3. The molecular weight excluding hydrogens is 553 g/mol. The Labute approximate surface area is 208 Å². The van der Waals surface area contributed by atoms with Gasteiger partial charge in [-0.05, 0) is 38.8 Å². The van der Waals surface area contributed by atoms with Crippen molar-refractivity contribution in [2.24, 2.45) is 0 Å². The molecule has 0 aromatic heterocycles. The Bertz CT molecular complexity index is 919. The fourth-order valence-corrected chi connectivity index (χ4v) is 3.52. The maximum absolute atomic E-state index is 3.72. The number of allylic oxidation sites excluding steroid dienone is 4. The molecule has 3 aromatic rings. The minimum atomic E-state index is 1.07. The second kappa shape index (κ2) is 15.3. The third kappa shape index (κ3) is 10.2. The Kier molecular flexibility index (Phi) is 13.2. The van der Waals surface area contributed by atoms with Crippen molar-refractivity contribution in [2.45, 2.75) is 34.6 Å². The average molecular weight is 589 g/mol. The fraction of sp³-hybridized carbons (Fsp3) is 0.161. The van der Waals surface area contributed by atoms with Gasteiger partial charge in [0.25, 0.3) is 0 Å². The van der Waals surface area contributed by atoms with Crippen LogP contribution in [-0.2, 0) is 20.6 Å². The van der Waals surface area contributed by atoms with Crippen LogP contribution in [0.4, 0.5) is 0 Å². The van der Waals surface area contributed by atoms with E-state index in [1.807, 2.05) is 66.7 Å². The van der Waals surface area contributed by atoms with Gasteiger partial charge in [-0.25, -0.2) is 0 Å². The van der Waals surface area contributed by atoms with E-state index in [4.69, 9.17) is 0 Å². The van der Waals surface area contributed by atoms with Crippen molar-refractivity contribution < 1.29 is 20.6 Å². The Morgan fingerprint density at radius 1 is 0.500 bits per heavy atom. The van der Waals surface area contributed by atoms with Crippen molar-refractivity contribution in [3.63, 3.8) is 0 Å². The molecule has 0 N–H and O–H groups in total. The molecule has 0 nitrogen and oxygen atoms in total. The van der Waals surface area contributed by atoms with Crippen LogP contribution in [0.3, 0.4) is 0 Å². The summed E-state index contributed by atoms with van der Waals surface area (Å²) in [6.07, 6.45) is 0. The van der Waals surface area contributed by atoms with Gasteiger partial charge in [-0.15, -0.1) is 24.3 Å².